The summed E-state index contributed by atoms with van der Waals surface area (Å²) in [7, 11) is 0. The molecule has 1 aliphatic rings. The maximum atomic E-state index is 12.4. The van der Waals surface area contributed by atoms with Gasteiger partial charge in [0.05, 0.1) is 5.54 Å². The van der Waals surface area contributed by atoms with Crippen molar-refractivity contribution in [2.24, 2.45) is 0 Å². The number of rotatable bonds is 2. The lowest BCUT2D eigenvalue weighted by Gasteiger charge is -2.23. The second kappa shape index (κ2) is 4.63. The number of amides is 1. The Kier molecular flexibility index (Phi) is 2.95. The monoisotopic (exact) mass is 255 g/mol. The predicted octanol–water partition coefficient (Wildman–Crippen LogP) is 2.32. The van der Waals surface area contributed by atoms with Gasteiger partial charge in [0.25, 0.3) is 0 Å². The summed E-state index contributed by atoms with van der Waals surface area (Å²) >= 11 is 0. The van der Waals surface area contributed by atoms with Gasteiger partial charge in [0, 0.05) is 28.9 Å². The van der Waals surface area contributed by atoms with E-state index in [2.05, 4.69) is 15.6 Å². The number of carbonyl (C=O) groups is 1. The van der Waals surface area contributed by atoms with Crippen molar-refractivity contribution in [2.75, 3.05) is 11.9 Å². The van der Waals surface area contributed by atoms with Crippen LogP contribution in [0.5, 0.6) is 0 Å². The van der Waals surface area contributed by atoms with Gasteiger partial charge in [0.2, 0.25) is 5.91 Å². The third-order valence-corrected chi connectivity index (χ3v) is 3.80. The van der Waals surface area contributed by atoms with Gasteiger partial charge in [-0.15, -0.1) is 0 Å². The van der Waals surface area contributed by atoms with Crippen molar-refractivity contribution >= 4 is 22.4 Å². The summed E-state index contributed by atoms with van der Waals surface area (Å²) in [6.07, 6.45) is 5.47. The highest BCUT2D eigenvalue weighted by Crippen LogP contribution is 2.25. The Labute approximate surface area is 112 Å². The molecule has 1 saturated heterocycles. The van der Waals surface area contributed by atoms with Crippen LogP contribution in [0.25, 0.3) is 10.8 Å². The molecule has 1 amide bonds. The third-order valence-electron chi connectivity index (χ3n) is 3.80. The van der Waals surface area contributed by atoms with Crippen molar-refractivity contribution in [3.8, 4) is 0 Å². The Hall–Kier alpha value is -1.94. The molecule has 2 heterocycles. The molecule has 4 nitrogen and oxygen atoms in total. The van der Waals surface area contributed by atoms with E-state index in [1.807, 2.05) is 31.2 Å². The van der Waals surface area contributed by atoms with E-state index < -0.39 is 5.54 Å². The lowest BCUT2D eigenvalue weighted by Crippen LogP contribution is -2.47. The Morgan fingerprint density at radius 1 is 1.42 bits per heavy atom. The lowest BCUT2D eigenvalue weighted by atomic mass is 9.99. The van der Waals surface area contributed by atoms with E-state index >= 15 is 0 Å². The Bertz CT molecular complexity index is 612. The van der Waals surface area contributed by atoms with Crippen LogP contribution in [0.3, 0.4) is 0 Å². The normalized spacial score (nSPS) is 22.6. The van der Waals surface area contributed by atoms with E-state index in [1.165, 1.54) is 0 Å². The van der Waals surface area contributed by atoms with Crippen LogP contribution in [0.2, 0.25) is 0 Å². The molecule has 1 aromatic heterocycles. The van der Waals surface area contributed by atoms with E-state index in [1.54, 1.807) is 12.4 Å². The largest absolute Gasteiger partial charge is 0.324 e. The molecule has 19 heavy (non-hydrogen) atoms. The number of aromatic nitrogens is 1. The first-order valence-corrected chi connectivity index (χ1v) is 6.58. The molecular weight excluding hydrogens is 238 g/mol. The zero-order valence-electron chi connectivity index (χ0n) is 10.9. The number of nitrogens with one attached hydrogen (secondary N) is 2. The number of nitrogens with zero attached hydrogens (tertiary/aromatic N) is 1. The average Bonchev–Trinajstić information content (AvgIpc) is 2.87. The fraction of sp³-hybridized carbons (Fsp3) is 0.333. The van der Waals surface area contributed by atoms with Gasteiger partial charge in [0.1, 0.15) is 0 Å². The fourth-order valence-corrected chi connectivity index (χ4v) is 2.58. The predicted molar refractivity (Wildman–Crippen MR) is 76.0 cm³/mol. The molecule has 0 radical (unpaired) electrons. The first-order chi connectivity index (χ1) is 9.19. The standard InChI is InChI=1S/C15H17N3O/c1-15(7-3-8-17-15)14(19)18-13-5-2-4-11-10-16-9-6-12(11)13/h2,4-6,9-10,17H,3,7-8H2,1H3,(H,18,19). The molecule has 1 fully saturated rings. The van der Waals surface area contributed by atoms with Gasteiger partial charge in [-0.3, -0.25) is 9.78 Å². The number of pyridine rings is 1. The molecule has 0 aliphatic carbocycles. The van der Waals surface area contributed by atoms with Crippen molar-refractivity contribution in [2.45, 2.75) is 25.3 Å². The first-order valence-electron chi connectivity index (χ1n) is 6.58. The van der Waals surface area contributed by atoms with E-state index in [0.717, 1.165) is 35.8 Å². The Morgan fingerprint density at radius 2 is 2.32 bits per heavy atom. The van der Waals surface area contributed by atoms with Crippen molar-refractivity contribution < 1.29 is 4.79 Å². The molecule has 1 unspecified atom stereocenters. The third kappa shape index (κ3) is 2.19. The Balaban J connectivity index is 1.91. The summed E-state index contributed by atoms with van der Waals surface area (Å²) in [6, 6.07) is 7.78. The minimum Gasteiger partial charge on any atom is -0.324 e. The van der Waals surface area contributed by atoms with E-state index in [9.17, 15) is 4.79 Å². The highest BCUT2D eigenvalue weighted by molar-refractivity contribution is 6.05. The molecule has 0 saturated carbocycles. The van der Waals surface area contributed by atoms with Gasteiger partial charge in [-0.25, -0.2) is 0 Å². The van der Waals surface area contributed by atoms with Crippen LogP contribution in [0.15, 0.2) is 36.7 Å². The molecule has 1 aromatic carbocycles. The van der Waals surface area contributed by atoms with Crippen molar-refractivity contribution in [3.05, 3.63) is 36.7 Å². The summed E-state index contributed by atoms with van der Waals surface area (Å²) in [5.41, 5.74) is 0.398. The maximum Gasteiger partial charge on any atom is 0.244 e. The van der Waals surface area contributed by atoms with Crippen LogP contribution in [0.4, 0.5) is 5.69 Å². The van der Waals surface area contributed by atoms with Gasteiger partial charge in [0.15, 0.2) is 0 Å². The molecule has 4 heteroatoms. The van der Waals surface area contributed by atoms with Crippen LogP contribution in [0, 0.1) is 0 Å². The zero-order valence-corrected chi connectivity index (χ0v) is 10.9. The first kappa shape index (κ1) is 12.1. The van der Waals surface area contributed by atoms with Gasteiger partial charge in [-0.05, 0) is 38.4 Å². The summed E-state index contributed by atoms with van der Waals surface area (Å²) in [6.45, 7) is 2.87. The SMILES string of the molecule is CC1(C(=O)Nc2cccc3cnccc23)CCCN1. The van der Waals surface area contributed by atoms with Gasteiger partial charge >= 0.3 is 0 Å². The topological polar surface area (TPSA) is 54.0 Å². The maximum absolute atomic E-state index is 12.4. The molecule has 1 atom stereocenters. The summed E-state index contributed by atoms with van der Waals surface area (Å²) in [4.78, 5) is 16.5. The molecule has 0 spiro atoms. The van der Waals surface area contributed by atoms with Crippen molar-refractivity contribution in [1.29, 1.82) is 0 Å². The summed E-state index contributed by atoms with van der Waals surface area (Å²) < 4.78 is 0. The smallest absolute Gasteiger partial charge is 0.244 e. The highest BCUT2D eigenvalue weighted by atomic mass is 16.2. The molecule has 2 aromatic rings. The number of carbonyl (C=O) groups excluding carboxylic acids is 1. The summed E-state index contributed by atoms with van der Waals surface area (Å²) in [5, 5.41) is 8.37. The molecule has 98 valence electrons. The van der Waals surface area contributed by atoms with E-state index in [-0.39, 0.29) is 5.91 Å². The van der Waals surface area contributed by atoms with Crippen molar-refractivity contribution in [3.63, 3.8) is 0 Å². The number of benzene rings is 1. The van der Waals surface area contributed by atoms with Crippen LogP contribution in [-0.2, 0) is 4.79 Å². The van der Waals surface area contributed by atoms with E-state index in [4.69, 9.17) is 0 Å². The van der Waals surface area contributed by atoms with Gasteiger partial charge < -0.3 is 10.6 Å². The molecule has 0 bridgehead atoms. The minimum atomic E-state index is -0.449. The summed E-state index contributed by atoms with van der Waals surface area (Å²) in [5.74, 6) is 0.0364. The second-order valence-electron chi connectivity index (χ2n) is 5.22. The number of fused-ring (bicyclic) bond motifs is 1. The quantitative estimate of drug-likeness (QED) is 0.866. The van der Waals surface area contributed by atoms with Crippen LogP contribution >= 0.6 is 0 Å². The number of hydrogen-bond donors (Lipinski definition) is 2. The second-order valence-corrected chi connectivity index (χ2v) is 5.22. The average molecular weight is 255 g/mol. The Morgan fingerprint density at radius 3 is 3.11 bits per heavy atom. The number of hydrogen-bond acceptors (Lipinski definition) is 3. The fourth-order valence-electron chi connectivity index (χ4n) is 2.58. The van der Waals surface area contributed by atoms with Crippen LogP contribution in [0.1, 0.15) is 19.8 Å². The number of anilines is 1. The molecular formula is C15H17N3O. The zero-order chi connectivity index (χ0) is 13.3. The van der Waals surface area contributed by atoms with E-state index in [0.29, 0.717) is 0 Å². The minimum absolute atomic E-state index is 0.0364. The van der Waals surface area contributed by atoms with Crippen LogP contribution < -0.4 is 10.6 Å². The lowest BCUT2D eigenvalue weighted by molar-refractivity contribution is -0.121. The molecule has 3 rings (SSSR count). The van der Waals surface area contributed by atoms with Crippen molar-refractivity contribution in [1.82, 2.24) is 10.3 Å². The molecule has 2 N–H and O–H groups in total. The highest BCUT2D eigenvalue weighted by Gasteiger charge is 2.35. The van der Waals surface area contributed by atoms with Crippen LogP contribution in [-0.4, -0.2) is 23.0 Å². The molecule has 1 aliphatic heterocycles. The van der Waals surface area contributed by atoms with Gasteiger partial charge in [-0.1, -0.05) is 12.1 Å². The van der Waals surface area contributed by atoms with Gasteiger partial charge in [-0.2, -0.15) is 0 Å².